The number of rotatable bonds is 6. The summed E-state index contributed by atoms with van der Waals surface area (Å²) in [6.07, 6.45) is 0.895. The van der Waals surface area contributed by atoms with Crippen LogP contribution in [-0.4, -0.2) is 13.7 Å². The van der Waals surface area contributed by atoms with Gasteiger partial charge >= 0.3 is 0 Å². The molecule has 20 heavy (non-hydrogen) atoms. The van der Waals surface area contributed by atoms with Gasteiger partial charge in [-0.25, -0.2) is 0 Å². The minimum Gasteiger partial charge on any atom is -0.496 e. The van der Waals surface area contributed by atoms with E-state index in [0.29, 0.717) is 13.2 Å². The first-order chi connectivity index (χ1) is 9.72. The largest absolute Gasteiger partial charge is 0.496 e. The van der Waals surface area contributed by atoms with Gasteiger partial charge in [0.25, 0.3) is 0 Å². The highest BCUT2D eigenvalue weighted by Crippen LogP contribution is 2.26. The average Bonchev–Trinajstić information content (AvgIpc) is 2.47. The Morgan fingerprint density at radius 2 is 1.75 bits per heavy atom. The van der Waals surface area contributed by atoms with Gasteiger partial charge in [-0.05, 0) is 64.3 Å². The fraction of sp³-hybridized carbons (Fsp3) is 0.250. The lowest BCUT2D eigenvalue weighted by Gasteiger charge is -2.09. The molecule has 0 aliphatic heterocycles. The fourth-order valence-electron chi connectivity index (χ4n) is 1.89. The van der Waals surface area contributed by atoms with E-state index in [0.717, 1.165) is 28.0 Å². The monoisotopic (exact) mass is 335 g/mol. The van der Waals surface area contributed by atoms with E-state index in [1.807, 2.05) is 42.5 Å². The number of hydrogen-bond donors (Lipinski definition) is 1. The summed E-state index contributed by atoms with van der Waals surface area (Å²) in [6.45, 7) is 1.19. The maximum absolute atomic E-state index is 5.76. The Morgan fingerprint density at radius 1 is 1.05 bits per heavy atom. The third-order valence-electron chi connectivity index (χ3n) is 2.98. The quantitative estimate of drug-likeness (QED) is 0.878. The molecule has 0 aliphatic rings. The van der Waals surface area contributed by atoms with Gasteiger partial charge in [-0.3, -0.25) is 0 Å². The Hall–Kier alpha value is -1.52. The number of hydrogen-bond acceptors (Lipinski definition) is 3. The zero-order valence-corrected chi connectivity index (χ0v) is 13.0. The van der Waals surface area contributed by atoms with Crippen molar-refractivity contribution >= 4 is 15.9 Å². The van der Waals surface area contributed by atoms with E-state index < -0.39 is 0 Å². The van der Waals surface area contributed by atoms with Gasteiger partial charge in [0, 0.05) is 0 Å². The van der Waals surface area contributed by atoms with Gasteiger partial charge in [0.1, 0.15) is 18.1 Å². The summed E-state index contributed by atoms with van der Waals surface area (Å²) in [5.74, 6) is 1.68. The highest BCUT2D eigenvalue weighted by Gasteiger charge is 2.02. The minimum atomic E-state index is 0.527. The second-order valence-corrected chi connectivity index (χ2v) is 5.29. The van der Waals surface area contributed by atoms with E-state index in [9.17, 15) is 0 Å². The zero-order valence-electron chi connectivity index (χ0n) is 11.4. The fourth-order valence-corrected chi connectivity index (χ4v) is 2.47. The van der Waals surface area contributed by atoms with Crippen LogP contribution in [-0.2, 0) is 13.0 Å². The molecule has 0 aromatic heterocycles. The summed E-state index contributed by atoms with van der Waals surface area (Å²) in [7, 11) is 1.65. The number of benzene rings is 2. The smallest absolute Gasteiger partial charge is 0.133 e. The van der Waals surface area contributed by atoms with Gasteiger partial charge in [-0.2, -0.15) is 0 Å². The first kappa shape index (κ1) is 14.9. The van der Waals surface area contributed by atoms with Crippen LogP contribution < -0.4 is 15.2 Å². The van der Waals surface area contributed by atoms with Crippen LogP contribution in [0.2, 0.25) is 0 Å². The van der Waals surface area contributed by atoms with Crippen molar-refractivity contribution in [2.75, 3.05) is 13.7 Å². The van der Waals surface area contributed by atoms with Crippen molar-refractivity contribution in [3.8, 4) is 11.5 Å². The lowest BCUT2D eigenvalue weighted by molar-refractivity contribution is 0.306. The Labute approximate surface area is 127 Å². The molecular formula is C16H18BrNO2. The first-order valence-corrected chi connectivity index (χ1v) is 7.26. The number of methoxy groups -OCH3 is 1. The standard InChI is InChI=1S/C16H18BrNO2/c1-19-16-7-4-13(10-15(16)17)11-20-14-5-2-12(3-6-14)8-9-18/h2-7,10H,8-9,11,18H2,1H3. The van der Waals surface area contributed by atoms with Gasteiger partial charge in [-0.1, -0.05) is 18.2 Å². The molecule has 0 atom stereocenters. The predicted octanol–water partition coefficient (Wildman–Crippen LogP) is 3.54. The van der Waals surface area contributed by atoms with Gasteiger partial charge in [0.05, 0.1) is 11.6 Å². The van der Waals surface area contributed by atoms with Crippen LogP contribution in [0.3, 0.4) is 0 Å². The summed E-state index contributed by atoms with van der Waals surface area (Å²) in [4.78, 5) is 0. The molecule has 106 valence electrons. The summed E-state index contributed by atoms with van der Waals surface area (Å²) in [5.41, 5.74) is 7.84. The SMILES string of the molecule is COc1ccc(COc2ccc(CCN)cc2)cc1Br. The van der Waals surface area contributed by atoms with E-state index in [1.165, 1.54) is 5.56 Å². The van der Waals surface area contributed by atoms with Crippen molar-refractivity contribution in [2.45, 2.75) is 13.0 Å². The number of halogens is 1. The highest BCUT2D eigenvalue weighted by molar-refractivity contribution is 9.10. The summed E-state index contributed by atoms with van der Waals surface area (Å²) in [5, 5.41) is 0. The molecule has 4 heteroatoms. The molecule has 3 nitrogen and oxygen atoms in total. The molecule has 2 aromatic carbocycles. The molecule has 0 heterocycles. The molecule has 0 fully saturated rings. The lowest BCUT2D eigenvalue weighted by atomic mass is 10.1. The molecule has 2 N–H and O–H groups in total. The van der Waals surface area contributed by atoms with Crippen LogP contribution in [0.5, 0.6) is 11.5 Å². The van der Waals surface area contributed by atoms with Crippen molar-refractivity contribution in [3.63, 3.8) is 0 Å². The third kappa shape index (κ3) is 3.99. The molecule has 0 aliphatic carbocycles. The van der Waals surface area contributed by atoms with Gasteiger partial charge < -0.3 is 15.2 Å². The molecule has 0 spiro atoms. The minimum absolute atomic E-state index is 0.527. The predicted molar refractivity (Wildman–Crippen MR) is 84.2 cm³/mol. The summed E-state index contributed by atoms with van der Waals surface area (Å²) >= 11 is 3.47. The molecule has 0 bridgehead atoms. The Bertz CT molecular complexity index is 555. The maximum Gasteiger partial charge on any atom is 0.133 e. The van der Waals surface area contributed by atoms with Crippen molar-refractivity contribution in [3.05, 3.63) is 58.1 Å². The zero-order chi connectivity index (χ0) is 14.4. The van der Waals surface area contributed by atoms with Crippen molar-refractivity contribution < 1.29 is 9.47 Å². The molecular weight excluding hydrogens is 318 g/mol. The maximum atomic E-state index is 5.76. The third-order valence-corrected chi connectivity index (χ3v) is 3.60. The van der Waals surface area contributed by atoms with Crippen LogP contribution in [0.1, 0.15) is 11.1 Å². The van der Waals surface area contributed by atoms with Gasteiger partial charge in [0.2, 0.25) is 0 Å². The summed E-state index contributed by atoms with van der Waals surface area (Å²) in [6, 6.07) is 14.0. The van der Waals surface area contributed by atoms with Crippen LogP contribution in [0.4, 0.5) is 0 Å². The van der Waals surface area contributed by atoms with E-state index in [2.05, 4.69) is 15.9 Å². The van der Waals surface area contributed by atoms with Crippen LogP contribution in [0.25, 0.3) is 0 Å². The van der Waals surface area contributed by atoms with Crippen molar-refractivity contribution in [2.24, 2.45) is 5.73 Å². The normalized spacial score (nSPS) is 10.3. The molecule has 0 radical (unpaired) electrons. The highest BCUT2D eigenvalue weighted by atomic mass is 79.9. The average molecular weight is 336 g/mol. The van der Waals surface area contributed by atoms with E-state index in [1.54, 1.807) is 7.11 Å². The Kier molecular flexibility index (Phi) is 5.44. The summed E-state index contributed by atoms with van der Waals surface area (Å²) < 4.78 is 11.9. The van der Waals surface area contributed by atoms with Gasteiger partial charge in [0.15, 0.2) is 0 Å². The lowest BCUT2D eigenvalue weighted by Crippen LogP contribution is -2.02. The van der Waals surface area contributed by atoms with E-state index >= 15 is 0 Å². The molecule has 2 aromatic rings. The van der Waals surface area contributed by atoms with Crippen molar-refractivity contribution in [1.82, 2.24) is 0 Å². The van der Waals surface area contributed by atoms with Crippen LogP contribution in [0.15, 0.2) is 46.9 Å². The second-order valence-electron chi connectivity index (χ2n) is 4.44. The van der Waals surface area contributed by atoms with Crippen LogP contribution in [0, 0.1) is 0 Å². The Morgan fingerprint density at radius 3 is 2.35 bits per heavy atom. The molecule has 0 saturated heterocycles. The topological polar surface area (TPSA) is 44.5 Å². The second kappa shape index (κ2) is 7.31. The first-order valence-electron chi connectivity index (χ1n) is 6.47. The van der Waals surface area contributed by atoms with E-state index in [4.69, 9.17) is 15.2 Å². The van der Waals surface area contributed by atoms with Crippen LogP contribution >= 0.6 is 15.9 Å². The number of nitrogens with two attached hydrogens (primary N) is 1. The number of ether oxygens (including phenoxy) is 2. The van der Waals surface area contributed by atoms with E-state index in [-0.39, 0.29) is 0 Å². The molecule has 0 saturated carbocycles. The molecule has 2 rings (SSSR count). The molecule has 0 unspecified atom stereocenters. The molecule has 0 amide bonds. The van der Waals surface area contributed by atoms with Crippen molar-refractivity contribution in [1.29, 1.82) is 0 Å². The van der Waals surface area contributed by atoms with Gasteiger partial charge in [-0.15, -0.1) is 0 Å². The Balaban J connectivity index is 1.96.